The van der Waals surface area contributed by atoms with Gasteiger partial charge < -0.3 is 10.2 Å². The summed E-state index contributed by atoms with van der Waals surface area (Å²) in [6.07, 6.45) is -0.879. The van der Waals surface area contributed by atoms with Crippen molar-refractivity contribution in [1.29, 1.82) is 0 Å². The maximum atomic E-state index is 12.7. The van der Waals surface area contributed by atoms with Gasteiger partial charge in [-0.25, -0.2) is 4.98 Å². The smallest absolute Gasteiger partial charge is 0.355 e. The number of nitrogens with one attached hydrogen (secondary N) is 1. The highest BCUT2D eigenvalue weighted by Gasteiger charge is 2.33. The van der Waals surface area contributed by atoms with Gasteiger partial charge in [-0.1, -0.05) is 17.7 Å². The minimum atomic E-state index is -4.48. The molecule has 0 saturated carbocycles. The molecule has 5 nitrogen and oxygen atoms in total. The second-order valence-corrected chi connectivity index (χ2v) is 7.18. The highest BCUT2D eigenvalue weighted by molar-refractivity contribution is 6.33. The molecule has 1 amide bonds. The molecular weight excluding hydrogens is 393 g/mol. The fourth-order valence-corrected chi connectivity index (χ4v) is 3.50. The number of pyridine rings is 2. The van der Waals surface area contributed by atoms with E-state index >= 15 is 0 Å². The van der Waals surface area contributed by atoms with Crippen molar-refractivity contribution >= 4 is 23.3 Å². The van der Waals surface area contributed by atoms with Gasteiger partial charge in [0, 0.05) is 31.4 Å². The number of piperidine rings is 1. The van der Waals surface area contributed by atoms with Gasteiger partial charge in [0.1, 0.15) is 5.82 Å². The molecule has 1 fully saturated rings. The maximum absolute atomic E-state index is 12.7. The zero-order valence-electron chi connectivity index (χ0n) is 15.2. The summed E-state index contributed by atoms with van der Waals surface area (Å²) in [5.74, 6) is 0.0929. The third kappa shape index (κ3) is 4.73. The van der Waals surface area contributed by atoms with Crippen LogP contribution in [0.5, 0.6) is 0 Å². The molecule has 1 saturated heterocycles. The molecule has 0 aromatic carbocycles. The molecule has 1 N–H and O–H groups in total. The molecule has 1 aliphatic heterocycles. The van der Waals surface area contributed by atoms with Gasteiger partial charge in [0.2, 0.25) is 5.91 Å². The molecule has 2 aromatic heterocycles. The van der Waals surface area contributed by atoms with Crippen LogP contribution < -0.4 is 10.2 Å². The van der Waals surface area contributed by atoms with E-state index in [4.69, 9.17) is 11.6 Å². The van der Waals surface area contributed by atoms with Gasteiger partial charge in [0.15, 0.2) is 0 Å². The largest absolute Gasteiger partial charge is 0.417 e. The van der Waals surface area contributed by atoms with Crippen LogP contribution >= 0.6 is 11.6 Å². The van der Waals surface area contributed by atoms with Gasteiger partial charge in [-0.3, -0.25) is 9.78 Å². The summed E-state index contributed by atoms with van der Waals surface area (Å²) < 4.78 is 38.2. The Labute approximate surface area is 165 Å². The number of hydrogen-bond donors (Lipinski definition) is 1. The van der Waals surface area contributed by atoms with Crippen molar-refractivity contribution in [3.05, 3.63) is 52.9 Å². The molecule has 28 heavy (non-hydrogen) atoms. The summed E-state index contributed by atoms with van der Waals surface area (Å²) in [5.41, 5.74) is -0.0898. The van der Waals surface area contributed by atoms with Gasteiger partial charge in [0.05, 0.1) is 22.3 Å². The van der Waals surface area contributed by atoms with Crippen LogP contribution in [0.4, 0.5) is 19.0 Å². The monoisotopic (exact) mass is 412 g/mol. The van der Waals surface area contributed by atoms with Crippen LogP contribution in [0.3, 0.4) is 0 Å². The summed E-state index contributed by atoms with van der Waals surface area (Å²) in [6, 6.07) is 6.22. The lowest BCUT2D eigenvalue weighted by Crippen LogP contribution is -2.41. The first kappa shape index (κ1) is 20.4. The standard InChI is InChI=1S/C19H20ClF3N4O/c1-12(16-4-2-3-7-24-16)26-18(28)13-5-8-27(9-6-13)17-15(20)10-14(11-25-17)19(21,22)23/h2-4,7,10-13H,5-6,8-9H2,1H3,(H,26,28). The van der Waals surface area contributed by atoms with Crippen LogP contribution in [-0.2, 0) is 11.0 Å². The van der Waals surface area contributed by atoms with Gasteiger partial charge in [-0.2, -0.15) is 13.2 Å². The lowest BCUT2D eigenvalue weighted by atomic mass is 9.95. The van der Waals surface area contributed by atoms with Gasteiger partial charge in [-0.15, -0.1) is 0 Å². The van der Waals surface area contributed by atoms with E-state index in [1.807, 2.05) is 30.0 Å². The van der Waals surface area contributed by atoms with E-state index in [2.05, 4.69) is 15.3 Å². The van der Waals surface area contributed by atoms with Gasteiger partial charge in [-0.05, 0) is 38.0 Å². The third-order valence-corrected chi connectivity index (χ3v) is 5.08. The van der Waals surface area contributed by atoms with Crippen molar-refractivity contribution in [2.45, 2.75) is 32.0 Å². The van der Waals surface area contributed by atoms with Crippen molar-refractivity contribution < 1.29 is 18.0 Å². The van der Waals surface area contributed by atoms with E-state index in [1.165, 1.54) is 0 Å². The molecule has 0 aliphatic carbocycles. The van der Waals surface area contributed by atoms with Crippen LogP contribution in [-0.4, -0.2) is 29.0 Å². The Bertz CT molecular complexity index is 824. The Balaban J connectivity index is 1.58. The molecule has 1 atom stereocenters. The molecule has 0 radical (unpaired) electrons. The molecule has 3 rings (SSSR count). The van der Waals surface area contributed by atoms with Crippen molar-refractivity contribution in [1.82, 2.24) is 15.3 Å². The van der Waals surface area contributed by atoms with E-state index in [0.29, 0.717) is 31.7 Å². The summed E-state index contributed by atoms with van der Waals surface area (Å²) >= 11 is 6.01. The Kier molecular flexibility index (Phi) is 6.07. The Morgan fingerprint density at radius 2 is 2.00 bits per heavy atom. The minimum absolute atomic E-state index is 0.0403. The average molecular weight is 413 g/mol. The van der Waals surface area contributed by atoms with E-state index in [9.17, 15) is 18.0 Å². The maximum Gasteiger partial charge on any atom is 0.417 e. The van der Waals surface area contributed by atoms with E-state index in [0.717, 1.165) is 18.0 Å². The minimum Gasteiger partial charge on any atom is -0.355 e. The molecular formula is C19H20ClF3N4O. The first-order valence-corrected chi connectivity index (χ1v) is 9.32. The summed E-state index contributed by atoms with van der Waals surface area (Å²) in [7, 11) is 0. The second kappa shape index (κ2) is 8.34. The average Bonchev–Trinajstić information content (AvgIpc) is 2.68. The number of amides is 1. The first-order chi connectivity index (χ1) is 13.3. The number of rotatable bonds is 4. The molecule has 1 aliphatic rings. The van der Waals surface area contributed by atoms with Crippen molar-refractivity contribution in [3.63, 3.8) is 0 Å². The quantitative estimate of drug-likeness (QED) is 0.816. The fraction of sp³-hybridized carbons (Fsp3) is 0.421. The Morgan fingerprint density at radius 1 is 1.29 bits per heavy atom. The lowest BCUT2D eigenvalue weighted by Gasteiger charge is -2.33. The van der Waals surface area contributed by atoms with Gasteiger partial charge >= 0.3 is 6.18 Å². The van der Waals surface area contributed by atoms with Gasteiger partial charge in [0.25, 0.3) is 0 Å². The Hall–Kier alpha value is -2.35. The normalized spacial score (nSPS) is 16.7. The predicted octanol–water partition coefficient (Wildman–Crippen LogP) is 4.24. The van der Waals surface area contributed by atoms with Crippen LogP contribution in [0, 0.1) is 5.92 Å². The molecule has 0 spiro atoms. The highest BCUT2D eigenvalue weighted by atomic mass is 35.5. The highest BCUT2D eigenvalue weighted by Crippen LogP contribution is 2.34. The summed E-state index contributed by atoms with van der Waals surface area (Å²) in [6.45, 7) is 2.86. The zero-order chi connectivity index (χ0) is 20.3. The lowest BCUT2D eigenvalue weighted by molar-refractivity contribution is -0.137. The number of hydrogen-bond acceptors (Lipinski definition) is 4. The van der Waals surface area contributed by atoms with Crippen LogP contribution in [0.25, 0.3) is 0 Å². The van der Waals surface area contributed by atoms with Crippen LogP contribution in [0.15, 0.2) is 36.7 Å². The SMILES string of the molecule is CC(NC(=O)C1CCN(c2ncc(C(F)(F)F)cc2Cl)CC1)c1ccccn1. The van der Waals surface area contributed by atoms with Crippen molar-refractivity contribution in [2.24, 2.45) is 5.92 Å². The summed E-state index contributed by atoms with van der Waals surface area (Å²) in [4.78, 5) is 22.5. The molecule has 3 heterocycles. The van der Waals surface area contributed by atoms with E-state index in [-0.39, 0.29) is 22.9 Å². The molecule has 0 bridgehead atoms. The van der Waals surface area contributed by atoms with E-state index < -0.39 is 11.7 Å². The zero-order valence-corrected chi connectivity index (χ0v) is 16.0. The molecule has 9 heteroatoms. The number of halogens is 4. The third-order valence-electron chi connectivity index (χ3n) is 4.80. The molecule has 2 aromatic rings. The van der Waals surface area contributed by atoms with Crippen molar-refractivity contribution in [3.8, 4) is 0 Å². The fourth-order valence-electron chi connectivity index (χ4n) is 3.21. The summed E-state index contributed by atoms with van der Waals surface area (Å²) in [5, 5.41) is 2.93. The van der Waals surface area contributed by atoms with Crippen LogP contribution in [0.1, 0.15) is 37.1 Å². The number of carbonyl (C=O) groups is 1. The second-order valence-electron chi connectivity index (χ2n) is 6.77. The number of nitrogens with zero attached hydrogens (tertiary/aromatic N) is 3. The number of alkyl halides is 3. The van der Waals surface area contributed by atoms with Crippen molar-refractivity contribution in [2.75, 3.05) is 18.0 Å². The molecule has 150 valence electrons. The number of aromatic nitrogens is 2. The molecule has 1 unspecified atom stereocenters. The number of anilines is 1. The Morgan fingerprint density at radius 3 is 2.57 bits per heavy atom. The van der Waals surface area contributed by atoms with E-state index in [1.54, 1.807) is 6.20 Å². The first-order valence-electron chi connectivity index (χ1n) is 8.94. The number of carbonyl (C=O) groups excluding carboxylic acids is 1. The topological polar surface area (TPSA) is 58.1 Å². The van der Waals surface area contributed by atoms with Crippen LogP contribution in [0.2, 0.25) is 5.02 Å². The predicted molar refractivity (Wildman–Crippen MR) is 100.0 cm³/mol.